The molecule has 5 rings (SSSR count). The van der Waals surface area contributed by atoms with E-state index in [1.165, 1.54) is 6.20 Å². The molecular weight excluding hydrogens is 420 g/mol. The lowest BCUT2D eigenvalue weighted by atomic mass is 9.93. The van der Waals surface area contributed by atoms with E-state index in [4.69, 9.17) is 13.7 Å². The third kappa shape index (κ3) is 3.91. The highest BCUT2D eigenvalue weighted by Crippen LogP contribution is 2.38. The number of fused-ring (bicyclic) bond motifs is 1. The lowest BCUT2D eigenvalue weighted by Crippen LogP contribution is -2.30. The predicted molar refractivity (Wildman–Crippen MR) is 122 cm³/mol. The topological polar surface area (TPSA) is 85.8 Å². The van der Waals surface area contributed by atoms with E-state index in [9.17, 15) is 9.59 Å². The molecule has 1 fully saturated rings. The molecule has 4 aromatic rings. The van der Waals surface area contributed by atoms with Gasteiger partial charge in [0, 0.05) is 30.0 Å². The predicted octanol–water partition coefficient (Wildman–Crippen LogP) is 4.82. The first-order valence-corrected chi connectivity index (χ1v) is 11.0. The number of aromatic nitrogens is 1. The van der Waals surface area contributed by atoms with Crippen molar-refractivity contribution < 1.29 is 23.3 Å². The van der Waals surface area contributed by atoms with Gasteiger partial charge in [-0.25, -0.2) is 0 Å². The first-order chi connectivity index (χ1) is 16.0. The molecule has 2 aromatic heterocycles. The van der Waals surface area contributed by atoms with Gasteiger partial charge in [0.25, 0.3) is 5.91 Å². The molecule has 7 nitrogen and oxygen atoms in total. The van der Waals surface area contributed by atoms with Crippen molar-refractivity contribution in [3.05, 3.63) is 77.7 Å². The van der Waals surface area contributed by atoms with Gasteiger partial charge in [-0.1, -0.05) is 53.2 Å². The van der Waals surface area contributed by atoms with E-state index in [-0.39, 0.29) is 30.9 Å². The van der Waals surface area contributed by atoms with Crippen LogP contribution in [0.4, 0.5) is 0 Å². The van der Waals surface area contributed by atoms with Crippen molar-refractivity contribution in [1.82, 2.24) is 10.1 Å². The monoisotopic (exact) mass is 444 g/mol. The zero-order chi connectivity index (χ0) is 22.9. The molecule has 0 spiro atoms. The Kier molecular flexibility index (Phi) is 5.46. The van der Waals surface area contributed by atoms with Crippen molar-refractivity contribution in [2.24, 2.45) is 5.92 Å². The number of hydrogen-bond donors (Lipinski definition) is 0. The van der Waals surface area contributed by atoms with Crippen molar-refractivity contribution >= 4 is 22.8 Å². The van der Waals surface area contributed by atoms with E-state index in [2.05, 4.69) is 5.16 Å². The van der Waals surface area contributed by atoms with Crippen LogP contribution in [0.25, 0.3) is 22.3 Å². The number of para-hydroxylation sites is 1. The summed E-state index contributed by atoms with van der Waals surface area (Å²) in [7, 11) is 0. The molecule has 7 heteroatoms. The third-order valence-corrected chi connectivity index (χ3v) is 6.12. The Hall–Kier alpha value is -3.87. The summed E-state index contributed by atoms with van der Waals surface area (Å²) in [6.45, 7) is 4.61. The summed E-state index contributed by atoms with van der Waals surface area (Å²) < 4.78 is 16.8. The lowest BCUT2D eigenvalue weighted by molar-refractivity contribution is -0.148. The molecular formula is C26H24N2O5. The second-order valence-corrected chi connectivity index (χ2v) is 8.30. The summed E-state index contributed by atoms with van der Waals surface area (Å²) in [5.74, 6) is -0.296. The summed E-state index contributed by atoms with van der Waals surface area (Å²) in [6.07, 6.45) is 1.44. The van der Waals surface area contributed by atoms with Crippen molar-refractivity contribution in [1.29, 1.82) is 0 Å². The maximum Gasteiger partial charge on any atom is 0.311 e. The Bertz CT molecular complexity index is 1270. The lowest BCUT2D eigenvalue weighted by Gasteiger charge is -2.15. The second kappa shape index (κ2) is 8.58. The molecule has 1 aliphatic rings. The number of carbonyl (C=O) groups is 2. The van der Waals surface area contributed by atoms with E-state index in [1.807, 2.05) is 61.5 Å². The molecule has 3 heterocycles. The van der Waals surface area contributed by atoms with Gasteiger partial charge in [0.15, 0.2) is 5.76 Å². The third-order valence-electron chi connectivity index (χ3n) is 6.12. The normalized spacial score (nSPS) is 18.1. The summed E-state index contributed by atoms with van der Waals surface area (Å²) in [5, 5.41) is 4.83. The maximum atomic E-state index is 13.5. The van der Waals surface area contributed by atoms with Gasteiger partial charge < -0.3 is 18.6 Å². The fourth-order valence-electron chi connectivity index (χ4n) is 4.41. The summed E-state index contributed by atoms with van der Waals surface area (Å²) in [6, 6.07) is 17.3. The van der Waals surface area contributed by atoms with Crippen LogP contribution in [0.3, 0.4) is 0 Å². The van der Waals surface area contributed by atoms with Gasteiger partial charge in [-0.15, -0.1) is 0 Å². The smallest absolute Gasteiger partial charge is 0.311 e. The van der Waals surface area contributed by atoms with E-state index in [1.54, 1.807) is 11.8 Å². The minimum Gasteiger partial charge on any atom is -0.466 e. The van der Waals surface area contributed by atoms with Gasteiger partial charge >= 0.3 is 5.97 Å². The number of benzene rings is 2. The molecule has 0 bridgehead atoms. The minimum absolute atomic E-state index is 0.234. The van der Waals surface area contributed by atoms with Gasteiger partial charge in [0.05, 0.1) is 18.7 Å². The molecule has 33 heavy (non-hydrogen) atoms. The standard InChI is InChI=1S/C26H24N2O5/c1-3-31-26(30)21-15-28(14-20(21)23-12-18-6-4-5-7-22(18)32-23)25(29)19-13-27-33-24(19)17-10-8-16(2)9-11-17/h4-13,20-21H,3,14-15H2,1-2H3/t20-,21-/m0/s1. The number of furan rings is 1. The van der Waals surface area contributed by atoms with Gasteiger partial charge in [0.2, 0.25) is 0 Å². The van der Waals surface area contributed by atoms with E-state index in [0.717, 1.165) is 22.1 Å². The van der Waals surface area contributed by atoms with Crippen LogP contribution in [0.1, 0.15) is 34.5 Å². The summed E-state index contributed by atoms with van der Waals surface area (Å²) in [4.78, 5) is 27.9. The van der Waals surface area contributed by atoms with Gasteiger partial charge in [-0.05, 0) is 26.0 Å². The number of aryl methyl sites for hydroxylation is 1. The average molecular weight is 444 g/mol. The fraction of sp³-hybridized carbons (Fsp3) is 0.269. The van der Waals surface area contributed by atoms with Gasteiger partial charge in [0.1, 0.15) is 16.9 Å². The Morgan fingerprint density at radius 1 is 1.12 bits per heavy atom. The zero-order valence-electron chi connectivity index (χ0n) is 18.5. The van der Waals surface area contributed by atoms with Crippen LogP contribution in [0, 0.1) is 12.8 Å². The van der Waals surface area contributed by atoms with Gasteiger partial charge in [-0.2, -0.15) is 0 Å². The van der Waals surface area contributed by atoms with Crippen LogP contribution in [0.15, 0.2) is 69.7 Å². The van der Waals surface area contributed by atoms with E-state index >= 15 is 0 Å². The second-order valence-electron chi connectivity index (χ2n) is 8.30. The van der Waals surface area contributed by atoms with E-state index in [0.29, 0.717) is 23.6 Å². The molecule has 0 N–H and O–H groups in total. The quantitative estimate of drug-likeness (QED) is 0.411. The van der Waals surface area contributed by atoms with Crippen LogP contribution >= 0.6 is 0 Å². The van der Waals surface area contributed by atoms with E-state index < -0.39 is 5.92 Å². The first kappa shape index (κ1) is 21.0. The number of likely N-dealkylation sites (tertiary alicyclic amines) is 1. The first-order valence-electron chi connectivity index (χ1n) is 11.0. The highest BCUT2D eigenvalue weighted by atomic mass is 16.5. The summed E-state index contributed by atoms with van der Waals surface area (Å²) in [5.41, 5.74) is 3.00. The van der Waals surface area contributed by atoms with Crippen molar-refractivity contribution in [2.75, 3.05) is 19.7 Å². The fourth-order valence-corrected chi connectivity index (χ4v) is 4.41. The molecule has 168 valence electrons. The number of ether oxygens (including phenoxy) is 1. The molecule has 0 unspecified atom stereocenters. The highest BCUT2D eigenvalue weighted by Gasteiger charge is 2.44. The number of amides is 1. The average Bonchev–Trinajstić information content (AvgIpc) is 3.56. The molecule has 2 aromatic carbocycles. The van der Waals surface area contributed by atoms with Crippen LogP contribution < -0.4 is 0 Å². The number of rotatable bonds is 5. The minimum atomic E-state index is -0.517. The Morgan fingerprint density at radius 3 is 2.67 bits per heavy atom. The Morgan fingerprint density at radius 2 is 1.91 bits per heavy atom. The number of nitrogens with zero attached hydrogens (tertiary/aromatic N) is 2. The highest BCUT2D eigenvalue weighted by molar-refractivity contribution is 6.00. The van der Waals surface area contributed by atoms with Crippen molar-refractivity contribution in [3.8, 4) is 11.3 Å². The molecule has 0 saturated carbocycles. The molecule has 1 aliphatic heterocycles. The summed E-state index contributed by atoms with van der Waals surface area (Å²) >= 11 is 0. The molecule has 1 amide bonds. The van der Waals surface area contributed by atoms with Crippen LogP contribution in [0.2, 0.25) is 0 Å². The number of carbonyl (C=O) groups excluding carboxylic acids is 2. The maximum absolute atomic E-state index is 13.5. The SMILES string of the molecule is CCOC(=O)[C@H]1CN(C(=O)c2cnoc2-c2ccc(C)cc2)C[C@@H]1c1cc2ccccc2o1. The largest absolute Gasteiger partial charge is 0.466 e. The zero-order valence-corrected chi connectivity index (χ0v) is 18.5. The van der Waals surface area contributed by atoms with Gasteiger partial charge in [-0.3, -0.25) is 9.59 Å². The van der Waals surface area contributed by atoms with Crippen molar-refractivity contribution in [3.63, 3.8) is 0 Å². The molecule has 0 aliphatic carbocycles. The Labute approximate surface area is 190 Å². The molecule has 2 atom stereocenters. The van der Waals surface area contributed by atoms with Crippen molar-refractivity contribution in [2.45, 2.75) is 19.8 Å². The van der Waals surface area contributed by atoms with Crippen LogP contribution in [-0.4, -0.2) is 41.6 Å². The van der Waals surface area contributed by atoms with Crippen LogP contribution in [0.5, 0.6) is 0 Å². The van der Waals surface area contributed by atoms with Crippen LogP contribution in [-0.2, 0) is 9.53 Å². The molecule has 1 saturated heterocycles. The molecule has 0 radical (unpaired) electrons. The number of esters is 1. The number of hydrogen-bond acceptors (Lipinski definition) is 6. The Balaban J connectivity index is 1.46.